The lowest BCUT2D eigenvalue weighted by Crippen LogP contribution is -2.32. The van der Waals surface area contributed by atoms with Crippen LogP contribution in [0.4, 0.5) is 5.69 Å². The van der Waals surface area contributed by atoms with Gasteiger partial charge in [0.1, 0.15) is 5.75 Å². The van der Waals surface area contributed by atoms with Crippen molar-refractivity contribution < 1.29 is 9.53 Å². The van der Waals surface area contributed by atoms with Gasteiger partial charge in [0.2, 0.25) is 0 Å². The van der Waals surface area contributed by atoms with Crippen LogP contribution in [-0.4, -0.2) is 38.6 Å². The first kappa shape index (κ1) is 17.1. The lowest BCUT2D eigenvalue weighted by atomic mass is 9.94. The molecule has 1 unspecified atom stereocenters. The van der Waals surface area contributed by atoms with Gasteiger partial charge in [0.15, 0.2) is 5.78 Å². The minimum Gasteiger partial charge on any atom is -0.497 e. The van der Waals surface area contributed by atoms with E-state index in [0.29, 0.717) is 12.5 Å². The lowest BCUT2D eigenvalue weighted by molar-refractivity contribution is 0.0988. The molecule has 1 fully saturated rings. The van der Waals surface area contributed by atoms with Crippen LogP contribution in [0.5, 0.6) is 5.75 Å². The van der Waals surface area contributed by atoms with Crippen molar-refractivity contribution in [2.75, 3.05) is 31.6 Å². The topological polar surface area (TPSA) is 41.6 Å². The van der Waals surface area contributed by atoms with E-state index in [-0.39, 0.29) is 5.78 Å². The third kappa shape index (κ3) is 2.99. The van der Waals surface area contributed by atoms with Crippen LogP contribution in [0.2, 0.25) is 0 Å². The molecule has 2 heterocycles. The molecule has 2 aliphatic rings. The number of ether oxygens (including phenoxy) is 1. The van der Waals surface area contributed by atoms with Gasteiger partial charge in [-0.15, -0.1) is 0 Å². The van der Waals surface area contributed by atoms with Crippen molar-refractivity contribution in [3.63, 3.8) is 0 Å². The molecule has 0 saturated carbocycles. The molecule has 26 heavy (non-hydrogen) atoms. The summed E-state index contributed by atoms with van der Waals surface area (Å²) in [7, 11) is 1.64. The molecule has 1 atom stereocenters. The molecule has 136 valence electrons. The molecule has 0 amide bonds. The fourth-order valence-corrected chi connectivity index (χ4v) is 4.23. The smallest absolute Gasteiger partial charge is 0.163 e. The summed E-state index contributed by atoms with van der Waals surface area (Å²) in [6, 6.07) is 13.1. The number of Topliss-reactive ketones (excluding diaryl/α,β-unsaturated/α-hetero) is 1. The van der Waals surface area contributed by atoms with Gasteiger partial charge < -0.3 is 15.0 Å². The molecular formula is C22H26N2O2. The van der Waals surface area contributed by atoms with Crippen molar-refractivity contribution in [2.45, 2.75) is 32.2 Å². The maximum Gasteiger partial charge on any atom is 0.163 e. The maximum atomic E-state index is 12.5. The molecule has 0 bridgehead atoms. The summed E-state index contributed by atoms with van der Waals surface area (Å²) in [4.78, 5) is 15.0. The van der Waals surface area contributed by atoms with Crippen LogP contribution in [-0.2, 0) is 6.42 Å². The highest BCUT2D eigenvalue weighted by Gasteiger charge is 2.30. The first-order valence-electron chi connectivity index (χ1n) is 9.53. The standard InChI is InChI=1S/C22H26N2O2/c1-3-22(25)20-14-18(26-2)5-6-19(20)15-4-7-21-16(12-15)13-17-8-9-23-10-11-24(17)21/h4-7,12,14,17,23H,3,8-11,13H2,1-2H3. The average molecular weight is 350 g/mol. The number of benzene rings is 2. The Bertz CT molecular complexity index is 831. The van der Waals surface area contributed by atoms with Gasteiger partial charge in [0.05, 0.1) is 7.11 Å². The molecular weight excluding hydrogens is 324 g/mol. The molecule has 0 aliphatic carbocycles. The summed E-state index contributed by atoms with van der Waals surface area (Å²) < 4.78 is 5.33. The molecule has 1 saturated heterocycles. The fraction of sp³-hybridized carbons (Fsp3) is 0.409. The van der Waals surface area contributed by atoms with E-state index >= 15 is 0 Å². The van der Waals surface area contributed by atoms with E-state index in [0.717, 1.165) is 48.5 Å². The Morgan fingerprint density at radius 3 is 2.92 bits per heavy atom. The predicted molar refractivity (Wildman–Crippen MR) is 105 cm³/mol. The number of carbonyl (C=O) groups excluding carboxylic acids is 1. The number of anilines is 1. The highest BCUT2D eigenvalue weighted by molar-refractivity contribution is 6.02. The van der Waals surface area contributed by atoms with Crippen molar-refractivity contribution in [1.82, 2.24) is 5.32 Å². The number of hydrogen-bond acceptors (Lipinski definition) is 4. The first-order chi connectivity index (χ1) is 12.7. The minimum atomic E-state index is 0.152. The van der Waals surface area contributed by atoms with Gasteiger partial charge in [0.25, 0.3) is 0 Å². The lowest BCUT2D eigenvalue weighted by Gasteiger charge is -2.24. The highest BCUT2D eigenvalue weighted by Crippen LogP contribution is 2.38. The minimum absolute atomic E-state index is 0.152. The maximum absolute atomic E-state index is 12.5. The Morgan fingerprint density at radius 2 is 2.12 bits per heavy atom. The summed E-state index contributed by atoms with van der Waals surface area (Å²) in [5.41, 5.74) is 5.64. The van der Waals surface area contributed by atoms with E-state index in [1.807, 2.05) is 25.1 Å². The van der Waals surface area contributed by atoms with E-state index in [2.05, 4.69) is 28.4 Å². The van der Waals surface area contributed by atoms with Gasteiger partial charge in [-0.25, -0.2) is 0 Å². The van der Waals surface area contributed by atoms with Gasteiger partial charge in [-0.3, -0.25) is 4.79 Å². The van der Waals surface area contributed by atoms with Crippen molar-refractivity contribution in [3.8, 4) is 16.9 Å². The van der Waals surface area contributed by atoms with Crippen molar-refractivity contribution >= 4 is 11.5 Å². The molecule has 0 radical (unpaired) electrons. The number of ketones is 1. The number of methoxy groups -OCH3 is 1. The van der Waals surface area contributed by atoms with Gasteiger partial charge in [-0.1, -0.05) is 13.0 Å². The van der Waals surface area contributed by atoms with Crippen LogP contribution < -0.4 is 15.0 Å². The van der Waals surface area contributed by atoms with E-state index in [9.17, 15) is 4.79 Å². The largest absolute Gasteiger partial charge is 0.497 e. The van der Waals surface area contributed by atoms with Gasteiger partial charge in [-0.2, -0.15) is 0 Å². The van der Waals surface area contributed by atoms with Crippen LogP contribution in [0.25, 0.3) is 11.1 Å². The van der Waals surface area contributed by atoms with Crippen molar-refractivity contribution in [1.29, 1.82) is 0 Å². The molecule has 4 heteroatoms. The zero-order chi connectivity index (χ0) is 18.1. The van der Waals surface area contributed by atoms with E-state index in [1.165, 1.54) is 17.7 Å². The second-order valence-electron chi connectivity index (χ2n) is 7.12. The number of fused-ring (bicyclic) bond motifs is 3. The number of rotatable bonds is 4. The normalized spacial score (nSPS) is 18.8. The summed E-state index contributed by atoms with van der Waals surface area (Å²) >= 11 is 0. The molecule has 4 rings (SSSR count). The molecule has 0 aromatic heterocycles. The Hall–Kier alpha value is -2.33. The van der Waals surface area contributed by atoms with E-state index in [1.54, 1.807) is 7.11 Å². The van der Waals surface area contributed by atoms with Crippen LogP contribution in [0.15, 0.2) is 36.4 Å². The molecule has 4 nitrogen and oxygen atoms in total. The van der Waals surface area contributed by atoms with Crippen molar-refractivity contribution in [3.05, 3.63) is 47.5 Å². The van der Waals surface area contributed by atoms with Gasteiger partial charge in [0, 0.05) is 36.8 Å². The zero-order valence-corrected chi connectivity index (χ0v) is 15.5. The first-order valence-corrected chi connectivity index (χ1v) is 9.53. The Labute approximate surface area is 155 Å². The van der Waals surface area contributed by atoms with Crippen LogP contribution in [0.3, 0.4) is 0 Å². The second kappa shape index (κ2) is 7.12. The average Bonchev–Trinajstić information content (AvgIpc) is 2.86. The number of carbonyl (C=O) groups is 1. The van der Waals surface area contributed by atoms with Crippen LogP contribution in [0.1, 0.15) is 35.7 Å². The summed E-state index contributed by atoms with van der Waals surface area (Å²) in [5.74, 6) is 0.881. The van der Waals surface area contributed by atoms with Crippen molar-refractivity contribution in [2.24, 2.45) is 0 Å². The van der Waals surface area contributed by atoms with Crippen LogP contribution in [0, 0.1) is 0 Å². The summed E-state index contributed by atoms with van der Waals surface area (Å²) in [6.07, 6.45) is 2.78. The van der Waals surface area contributed by atoms with E-state index in [4.69, 9.17) is 4.74 Å². The Kier molecular flexibility index (Phi) is 4.68. The molecule has 2 aromatic carbocycles. The summed E-state index contributed by atoms with van der Waals surface area (Å²) in [5, 5.41) is 3.49. The highest BCUT2D eigenvalue weighted by atomic mass is 16.5. The second-order valence-corrected chi connectivity index (χ2v) is 7.12. The number of nitrogens with one attached hydrogen (secondary N) is 1. The van der Waals surface area contributed by atoms with Gasteiger partial charge in [-0.05, 0) is 66.4 Å². The molecule has 0 spiro atoms. The van der Waals surface area contributed by atoms with E-state index < -0.39 is 0 Å². The number of hydrogen-bond donors (Lipinski definition) is 1. The SMILES string of the molecule is CCC(=O)c1cc(OC)ccc1-c1ccc2c(c1)CC1CCNCCN21. The fourth-order valence-electron chi connectivity index (χ4n) is 4.23. The Morgan fingerprint density at radius 1 is 1.23 bits per heavy atom. The predicted octanol–water partition coefficient (Wildman–Crippen LogP) is 3.68. The third-order valence-electron chi connectivity index (χ3n) is 5.63. The summed E-state index contributed by atoms with van der Waals surface area (Å²) in [6.45, 7) is 5.11. The third-order valence-corrected chi connectivity index (χ3v) is 5.63. The monoisotopic (exact) mass is 350 g/mol. The van der Waals surface area contributed by atoms with Crippen LogP contribution >= 0.6 is 0 Å². The number of nitrogens with zero attached hydrogens (tertiary/aromatic N) is 1. The van der Waals surface area contributed by atoms with Gasteiger partial charge >= 0.3 is 0 Å². The Balaban J connectivity index is 1.73. The molecule has 1 N–H and O–H groups in total. The zero-order valence-electron chi connectivity index (χ0n) is 15.5. The molecule has 2 aliphatic heterocycles. The molecule has 2 aromatic rings. The quantitative estimate of drug-likeness (QED) is 0.854.